The van der Waals surface area contributed by atoms with Crippen molar-refractivity contribution in [3.8, 4) is 0 Å². The number of hydrogen-bond donors (Lipinski definition) is 7. The van der Waals surface area contributed by atoms with E-state index in [2.05, 4.69) is 20.7 Å². The van der Waals surface area contributed by atoms with E-state index in [-0.39, 0.29) is 49.8 Å². The van der Waals surface area contributed by atoms with E-state index in [9.17, 15) is 35.6 Å². The van der Waals surface area contributed by atoms with Crippen LogP contribution >= 0.6 is 0 Å². The van der Waals surface area contributed by atoms with Crippen LogP contribution in [0.15, 0.2) is 23.3 Å². The Morgan fingerprint density at radius 2 is 2.00 bits per heavy atom. The van der Waals surface area contributed by atoms with Crippen LogP contribution in [0.25, 0.3) is 10.4 Å². The Kier molecular flexibility index (Phi) is 8.91. The molecule has 172 valence electrons. The highest BCUT2D eigenvalue weighted by molar-refractivity contribution is 5.66. The molecule has 1 aliphatic rings. The van der Waals surface area contributed by atoms with Crippen LogP contribution in [-0.2, 0) is 4.74 Å². The van der Waals surface area contributed by atoms with E-state index in [0.29, 0.717) is 0 Å². The minimum absolute atomic E-state index is 0.123. The van der Waals surface area contributed by atoms with Crippen LogP contribution in [0.2, 0.25) is 0 Å². The Balaban J connectivity index is 1.74. The molecule has 2 rings (SSSR count). The SMILES string of the molecule is [N-]=[N+]=Nc1ccc(NCCOCCN[C@H]2C[C@](O)(CO)[C@@H](O)[C@H](O)[C@H]2O)c([N+](=O)[O-])c1. The summed E-state index contributed by atoms with van der Waals surface area (Å²) in [4.78, 5) is 13.1. The van der Waals surface area contributed by atoms with Crippen molar-refractivity contribution in [2.24, 2.45) is 5.11 Å². The van der Waals surface area contributed by atoms with Crippen molar-refractivity contribution in [3.05, 3.63) is 38.8 Å². The molecule has 0 radical (unpaired) electrons. The number of aliphatic hydroxyl groups is 5. The van der Waals surface area contributed by atoms with Gasteiger partial charge in [0.1, 0.15) is 23.5 Å². The van der Waals surface area contributed by atoms with Crippen LogP contribution in [0, 0.1) is 10.1 Å². The van der Waals surface area contributed by atoms with Crippen molar-refractivity contribution in [3.63, 3.8) is 0 Å². The highest BCUT2D eigenvalue weighted by Crippen LogP contribution is 2.30. The number of nitrogens with zero attached hydrogens (tertiary/aromatic N) is 4. The standard InChI is InChI=1S/C17H26N6O8/c18-22-21-10-1-2-11(13(7-10)23(29)30)19-3-5-31-6-4-20-12-8-17(28,9-24)16(27)15(26)14(12)25/h1-2,7,12,14-16,19-20,24-28H,3-6,8-9H2/t12-,14-,15+,16-,17-/m0/s1. The minimum atomic E-state index is -1.93. The fourth-order valence-electron chi connectivity index (χ4n) is 3.33. The van der Waals surface area contributed by atoms with Gasteiger partial charge in [-0.15, -0.1) is 0 Å². The summed E-state index contributed by atoms with van der Waals surface area (Å²) in [6.07, 6.45) is -4.79. The predicted octanol–water partition coefficient (Wildman–Crippen LogP) is -0.867. The van der Waals surface area contributed by atoms with E-state index in [0.717, 1.165) is 6.07 Å². The minimum Gasteiger partial charge on any atom is -0.393 e. The highest BCUT2D eigenvalue weighted by Gasteiger charge is 2.50. The second-order valence-electron chi connectivity index (χ2n) is 7.14. The first-order chi connectivity index (χ1) is 14.7. The summed E-state index contributed by atoms with van der Waals surface area (Å²) in [6, 6.07) is 3.25. The van der Waals surface area contributed by atoms with Gasteiger partial charge in [0.05, 0.1) is 30.8 Å². The summed E-state index contributed by atoms with van der Waals surface area (Å²) < 4.78 is 5.40. The van der Waals surface area contributed by atoms with Crippen molar-refractivity contribution >= 4 is 17.1 Å². The lowest BCUT2D eigenvalue weighted by Crippen LogP contribution is -2.67. The van der Waals surface area contributed by atoms with E-state index in [4.69, 9.17) is 10.3 Å². The predicted molar refractivity (Wildman–Crippen MR) is 108 cm³/mol. The Labute approximate surface area is 176 Å². The van der Waals surface area contributed by atoms with Gasteiger partial charge in [0.2, 0.25) is 0 Å². The molecule has 0 unspecified atom stereocenters. The maximum Gasteiger partial charge on any atom is 0.292 e. The largest absolute Gasteiger partial charge is 0.393 e. The molecule has 31 heavy (non-hydrogen) atoms. The first-order valence-electron chi connectivity index (χ1n) is 9.49. The van der Waals surface area contributed by atoms with E-state index in [1.807, 2.05) is 0 Å². The number of hydrogen-bond acceptors (Lipinski definition) is 11. The van der Waals surface area contributed by atoms with Gasteiger partial charge in [-0.25, -0.2) is 0 Å². The molecule has 0 aromatic heterocycles. The monoisotopic (exact) mass is 442 g/mol. The zero-order valence-corrected chi connectivity index (χ0v) is 16.5. The number of benzene rings is 1. The topological polar surface area (TPSA) is 226 Å². The summed E-state index contributed by atoms with van der Waals surface area (Å²) in [5.41, 5.74) is 6.61. The van der Waals surface area contributed by atoms with Gasteiger partial charge in [-0.05, 0) is 18.0 Å². The highest BCUT2D eigenvalue weighted by atomic mass is 16.6. The molecule has 1 fully saturated rings. The van der Waals surface area contributed by atoms with Crippen molar-refractivity contribution in [1.82, 2.24) is 5.32 Å². The molecule has 0 spiro atoms. The fourth-order valence-corrected chi connectivity index (χ4v) is 3.33. The molecule has 0 amide bonds. The number of anilines is 1. The number of nitrogens with one attached hydrogen (secondary N) is 2. The van der Waals surface area contributed by atoms with Crippen LogP contribution in [0.5, 0.6) is 0 Å². The Morgan fingerprint density at radius 3 is 2.65 bits per heavy atom. The number of nitro benzene ring substituents is 1. The molecule has 0 bridgehead atoms. The first-order valence-corrected chi connectivity index (χ1v) is 9.49. The third kappa shape index (κ3) is 6.22. The van der Waals surface area contributed by atoms with E-state index in [1.165, 1.54) is 12.1 Å². The summed E-state index contributed by atoms with van der Waals surface area (Å²) in [7, 11) is 0. The van der Waals surface area contributed by atoms with Gasteiger partial charge in [-0.1, -0.05) is 11.2 Å². The van der Waals surface area contributed by atoms with Gasteiger partial charge in [0.15, 0.2) is 0 Å². The van der Waals surface area contributed by atoms with Gasteiger partial charge < -0.3 is 40.9 Å². The number of ether oxygens (including phenoxy) is 1. The Bertz CT molecular complexity index is 807. The number of nitro groups is 1. The van der Waals surface area contributed by atoms with E-state index >= 15 is 0 Å². The van der Waals surface area contributed by atoms with Crippen LogP contribution in [0.4, 0.5) is 17.1 Å². The smallest absolute Gasteiger partial charge is 0.292 e. The van der Waals surface area contributed by atoms with Crippen LogP contribution in [-0.4, -0.2) is 93.3 Å². The summed E-state index contributed by atoms with van der Waals surface area (Å²) in [5, 5.41) is 69.4. The first kappa shape index (κ1) is 24.7. The fraction of sp³-hybridized carbons (Fsp3) is 0.647. The molecule has 1 saturated carbocycles. The Hall–Kier alpha value is -2.55. The van der Waals surface area contributed by atoms with Crippen molar-refractivity contribution in [2.75, 3.05) is 38.2 Å². The molecule has 14 nitrogen and oxygen atoms in total. The maximum absolute atomic E-state index is 11.1. The van der Waals surface area contributed by atoms with Gasteiger partial charge >= 0.3 is 0 Å². The second-order valence-corrected chi connectivity index (χ2v) is 7.14. The van der Waals surface area contributed by atoms with Crippen molar-refractivity contribution < 1.29 is 35.2 Å². The molecular formula is C17H26N6O8. The van der Waals surface area contributed by atoms with Crippen LogP contribution in [0.1, 0.15) is 6.42 Å². The zero-order valence-electron chi connectivity index (χ0n) is 16.5. The third-order valence-corrected chi connectivity index (χ3v) is 5.04. The lowest BCUT2D eigenvalue weighted by Gasteiger charge is -2.45. The molecule has 5 atom stereocenters. The van der Waals surface area contributed by atoms with Crippen LogP contribution in [0.3, 0.4) is 0 Å². The molecule has 0 aliphatic heterocycles. The number of aliphatic hydroxyl groups excluding tert-OH is 4. The molecule has 1 aromatic rings. The molecule has 1 aromatic carbocycles. The average Bonchev–Trinajstić information content (AvgIpc) is 2.75. The zero-order chi connectivity index (χ0) is 23.0. The molecule has 0 saturated heterocycles. The lowest BCUT2D eigenvalue weighted by atomic mass is 9.76. The normalized spacial score (nSPS) is 28.0. The number of rotatable bonds is 11. The molecule has 14 heteroatoms. The van der Waals surface area contributed by atoms with Crippen molar-refractivity contribution in [1.29, 1.82) is 0 Å². The molecule has 7 N–H and O–H groups in total. The van der Waals surface area contributed by atoms with E-state index < -0.39 is 41.5 Å². The lowest BCUT2D eigenvalue weighted by molar-refractivity contribution is -0.383. The number of azide groups is 1. The average molecular weight is 442 g/mol. The molecular weight excluding hydrogens is 416 g/mol. The second kappa shape index (κ2) is 11.2. The third-order valence-electron chi connectivity index (χ3n) is 5.04. The van der Waals surface area contributed by atoms with Gasteiger partial charge in [-0.2, -0.15) is 0 Å². The summed E-state index contributed by atoms with van der Waals surface area (Å²) >= 11 is 0. The van der Waals surface area contributed by atoms with Gasteiger partial charge in [0, 0.05) is 35.8 Å². The summed E-state index contributed by atoms with van der Waals surface area (Å²) in [5.74, 6) is 0. The summed E-state index contributed by atoms with van der Waals surface area (Å²) in [6.45, 7) is 0.120. The van der Waals surface area contributed by atoms with Gasteiger partial charge in [-0.3, -0.25) is 10.1 Å². The Morgan fingerprint density at radius 1 is 1.29 bits per heavy atom. The van der Waals surface area contributed by atoms with Crippen molar-refractivity contribution in [2.45, 2.75) is 36.4 Å². The molecule has 0 heterocycles. The van der Waals surface area contributed by atoms with Gasteiger partial charge in [0.25, 0.3) is 5.69 Å². The van der Waals surface area contributed by atoms with Crippen LogP contribution < -0.4 is 10.6 Å². The molecule has 1 aliphatic carbocycles. The quantitative estimate of drug-likeness (QED) is 0.0559. The van der Waals surface area contributed by atoms with E-state index in [1.54, 1.807) is 0 Å². The maximum atomic E-state index is 11.1.